The lowest BCUT2D eigenvalue weighted by atomic mass is 10.1. The summed E-state index contributed by atoms with van der Waals surface area (Å²) in [7, 11) is 0. The van der Waals surface area contributed by atoms with Crippen LogP contribution in [-0.2, 0) is 0 Å². The number of benzene rings is 2. The van der Waals surface area contributed by atoms with Gasteiger partial charge in [-0.1, -0.05) is 29.8 Å². The van der Waals surface area contributed by atoms with E-state index < -0.39 is 0 Å². The van der Waals surface area contributed by atoms with E-state index in [1.165, 1.54) is 22.4 Å². The molecular weight excluding hydrogens is 326 g/mol. The molecule has 2 aromatic rings. The second-order valence-corrected chi connectivity index (χ2v) is 7.46. The van der Waals surface area contributed by atoms with Crippen LogP contribution in [0.25, 0.3) is 0 Å². The first-order valence-electron chi connectivity index (χ1n) is 8.90. The molecule has 1 atom stereocenters. The minimum absolute atomic E-state index is 0.426. The van der Waals surface area contributed by atoms with Gasteiger partial charge < -0.3 is 15.1 Å². The average molecular weight is 354 g/mol. The van der Waals surface area contributed by atoms with Gasteiger partial charge >= 0.3 is 0 Å². The number of aryl methyl sites for hydroxylation is 3. The Labute approximate surface area is 156 Å². The molecule has 1 fully saturated rings. The topological polar surface area (TPSA) is 18.5 Å². The van der Waals surface area contributed by atoms with Crippen LogP contribution >= 0.6 is 12.2 Å². The number of rotatable bonds is 2. The Balaban J connectivity index is 1.65. The molecule has 0 bridgehead atoms. The van der Waals surface area contributed by atoms with E-state index in [-0.39, 0.29) is 0 Å². The fraction of sp³-hybridized carbons (Fsp3) is 0.381. The molecule has 1 unspecified atom stereocenters. The number of nitrogens with zero attached hydrogens (tertiary/aromatic N) is 2. The molecule has 1 N–H and O–H groups in total. The largest absolute Gasteiger partial charge is 0.365 e. The third-order valence-corrected chi connectivity index (χ3v) is 5.28. The van der Waals surface area contributed by atoms with Crippen molar-refractivity contribution in [3.63, 3.8) is 0 Å². The molecule has 25 heavy (non-hydrogen) atoms. The summed E-state index contributed by atoms with van der Waals surface area (Å²) < 4.78 is 0. The standard InChI is InChI=1S/C21H27N3S/c1-15-6-9-19(10-7-15)24-12-11-23(14-18(24)4)21(25)22-20-13-16(2)5-8-17(20)3/h5-10,13,18H,11-12,14H2,1-4H3,(H,22,25). The summed E-state index contributed by atoms with van der Waals surface area (Å²) >= 11 is 5.68. The fourth-order valence-corrected chi connectivity index (χ4v) is 3.60. The molecule has 0 saturated carbocycles. The number of anilines is 2. The highest BCUT2D eigenvalue weighted by atomic mass is 32.1. The van der Waals surface area contributed by atoms with Gasteiger partial charge in [-0.15, -0.1) is 0 Å². The van der Waals surface area contributed by atoms with Gasteiger partial charge in [0.25, 0.3) is 0 Å². The van der Waals surface area contributed by atoms with E-state index >= 15 is 0 Å². The second-order valence-electron chi connectivity index (χ2n) is 7.07. The van der Waals surface area contributed by atoms with Crippen LogP contribution in [0.2, 0.25) is 0 Å². The summed E-state index contributed by atoms with van der Waals surface area (Å²) in [5.41, 5.74) is 6.17. The molecule has 0 aromatic heterocycles. The van der Waals surface area contributed by atoms with Gasteiger partial charge in [0.05, 0.1) is 0 Å². The van der Waals surface area contributed by atoms with Crippen molar-refractivity contribution in [3.05, 3.63) is 59.2 Å². The van der Waals surface area contributed by atoms with Gasteiger partial charge in [0.15, 0.2) is 5.11 Å². The van der Waals surface area contributed by atoms with E-state index in [0.29, 0.717) is 6.04 Å². The Morgan fingerprint density at radius 2 is 1.68 bits per heavy atom. The van der Waals surface area contributed by atoms with Crippen LogP contribution in [0, 0.1) is 20.8 Å². The number of hydrogen-bond donors (Lipinski definition) is 1. The van der Waals surface area contributed by atoms with E-state index in [1.54, 1.807) is 0 Å². The van der Waals surface area contributed by atoms with E-state index in [1.807, 2.05) is 0 Å². The quantitative estimate of drug-likeness (QED) is 0.800. The summed E-state index contributed by atoms with van der Waals surface area (Å²) in [6, 6.07) is 15.7. The number of piperazine rings is 1. The zero-order valence-electron chi connectivity index (χ0n) is 15.5. The van der Waals surface area contributed by atoms with Crippen molar-refractivity contribution in [1.29, 1.82) is 0 Å². The fourth-order valence-electron chi connectivity index (χ4n) is 3.33. The Kier molecular flexibility index (Phi) is 5.28. The van der Waals surface area contributed by atoms with Crippen LogP contribution in [0.4, 0.5) is 11.4 Å². The normalized spacial score (nSPS) is 17.5. The van der Waals surface area contributed by atoms with Gasteiger partial charge in [0, 0.05) is 37.1 Å². The van der Waals surface area contributed by atoms with Crippen molar-refractivity contribution < 1.29 is 0 Å². The van der Waals surface area contributed by atoms with Crippen molar-refractivity contribution in [3.8, 4) is 0 Å². The van der Waals surface area contributed by atoms with Gasteiger partial charge in [-0.3, -0.25) is 0 Å². The van der Waals surface area contributed by atoms with Crippen LogP contribution in [0.5, 0.6) is 0 Å². The highest BCUT2D eigenvalue weighted by Crippen LogP contribution is 2.22. The maximum atomic E-state index is 5.68. The Hall–Kier alpha value is -2.07. The van der Waals surface area contributed by atoms with Crippen molar-refractivity contribution >= 4 is 28.7 Å². The van der Waals surface area contributed by atoms with Crippen LogP contribution in [0.3, 0.4) is 0 Å². The molecule has 3 rings (SSSR count). The van der Waals surface area contributed by atoms with Gasteiger partial charge in [-0.25, -0.2) is 0 Å². The number of hydrogen-bond acceptors (Lipinski definition) is 2. The number of nitrogens with one attached hydrogen (secondary N) is 1. The van der Waals surface area contributed by atoms with Crippen molar-refractivity contribution in [2.45, 2.75) is 33.7 Å². The van der Waals surface area contributed by atoms with Gasteiger partial charge in [-0.05, 0) is 69.2 Å². The van der Waals surface area contributed by atoms with Gasteiger partial charge in [0.1, 0.15) is 0 Å². The lowest BCUT2D eigenvalue weighted by Crippen LogP contribution is -2.54. The van der Waals surface area contributed by atoms with Gasteiger partial charge in [-0.2, -0.15) is 0 Å². The highest BCUT2D eigenvalue weighted by Gasteiger charge is 2.25. The molecule has 1 heterocycles. The minimum atomic E-state index is 0.426. The van der Waals surface area contributed by atoms with Crippen molar-refractivity contribution in [2.75, 3.05) is 29.9 Å². The lowest BCUT2D eigenvalue weighted by molar-refractivity contribution is 0.342. The summed E-state index contributed by atoms with van der Waals surface area (Å²) in [5.74, 6) is 0. The predicted octanol–water partition coefficient (Wildman–Crippen LogP) is 4.52. The monoisotopic (exact) mass is 353 g/mol. The third kappa shape index (κ3) is 4.13. The summed E-state index contributed by atoms with van der Waals surface area (Å²) in [6.45, 7) is 11.5. The molecule has 2 aromatic carbocycles. The Morgan fingerprint density at radius 1 is 1.00 bits per heavy atom. The van der Waals surface area contributed by atoms with Crippen molar-refractivity contribution in [1.82, 2.24) is 4.90 Å². The molecule has 0 radical (unpaired) electrons. The molecular formula is C21H27N3S. The molecule has 1 aliphatic rings. The average Bonchev–Trinajstić information content (AvgIpc) is 2.59. The zero-order valence-corrected chi connectivity index (χ0v) is 16.4. The third-order valence-electron chi connectivity index (χ3n) is 4.91. The molecule has 4 heteroatoms. The van der Waals surface area contributed by atoms with Crippen LogP contribution in [-0.4, -0.2) is 35.7 Å². The second kappa shape index (κ2) is 7.44. The van der Waals surface area contributed by atoms with Gasteiger partial charge in [0.2, 0.25) is 0 Å². The first kappa shape index (κ1) is 17.7. The molecule has 0 aliphatic carbocycles. The van der Waals surface area contributed by atoms with E-state index in [0.717, 1.165) is 30.4 Å². The predicted molar refractivity (Wildman–Crippen MR) is 112 cm³/mol. The van der Waals surface area contributed by atoms with E-state index in [9.17, 15) is 0 Å². The summed E-state index contributed by atoms with van der Waals surface area (Å²) in [4.78, 5) is 4.75. The SMILES string of the molecule is Cc1ccc(N2CCN(C(=S)Nc3cc(C)ccc3C)CC2C)cc1. The summed E-state index contributed by atoms with van der Waals surface area (Å²) in [5, 5.41) is 4.27. The number of thiocarbonyl (C=S) groups is 1. The molecule has 0 spiro atoms. The maximum Gasteiger partial charge on any atom is 0.173 e. The highest BCUT2D eigenvalue weighted by molar-refractivity contribution is 7.80. The van der Waals surface area contributed by atoms with E-state index in [4.69, 9.17) is 12.2 Å². The molecule has 0 amide bonds. The first-order valence-corrected chi connectivity index (χ1v) is 9.31. The Morgan fingerprint density at radius 3 is 2.36 bits per heavy atom. The van der Waals surface area contributed by atoms with Crippen LogP contribution in [0.15, 0.2) is 42.5 Å². The summed E-state index contributed by atoms with van der Waals surface area (Å²) in [6.07, 6.45) is 0. The van der Waals surface area contributed by atoms with Crippen molar-refractivity contribution in [2.24, 2.45) is 0 Å². The van der Waals surface area contributed by atoms with Crippen LogP contribution < -0.4 is 10.2 Å². The minimum Gasteiger partial charge on any atom is -0.365 e. The van der Waals surface area contributed by atoms with E-state index in [2.05, 4.69) is 85.3 Å². The zero-order chi connectivity index (χ0) is 18.0. The molecule has 132 valence electrons. The Bertz CT molecular complexity index is 754. The molecule has 1 aliphatic heterocycles. The first-order chi connectivity index (χ1) is 11.9. The lowest BCUT2D eigenvalue weighted by Gasteiger charge is -2.42. The molecule has 3 nitrogen and oxygen atoms in total. The van der Waals surface area contributed by atoms with Crippen LogP contribution in [0.1, 0.15) is 23.6 Å². The molecule has 1 saturated heterocycles. The maximum absolute atomic E-state index is 5.68. The smallest absolute Gasteiger partial charge is 0.173 e.